The molecule has 0 spiro atoms. The molecule has 0 atom stereocenters. The first-order valence-electron chi connectivity index (χ1n) is 5.72. The molecule has 1 aromatic heterocycles. The normalized spacial score (nSPS) is 11.3. The number of aryl methyl sites for hydroxylation is 3. The largest absolute Gasteiger partial charge is 0.396 e. The summed E-state index contributed by atoms with van der Waals surface area (Å²) in [7, 11) is 2.10. The quantitative estimate of drug-likeness (QED) is 0.822. The number of rotatable bonds is 2. The van der Waals surface area contributed by atoms with Gasteiger partial charge in [0, 0.05) is 24.7 Å². The molecule has 0 amide bonds. The van der Waals surface area contributed by atoms with Gasteiger partial charge in [0.15, 0.2) is 0 Å². The number of fused-ring (bicyclic) bond motifs is 1. The Labute approximate surface area is 96.5 Å². The van der Waals surface area contributed by atoms with Crippen LogP contribution in [0.1, 0.15) is 22.4 Å². The molecule has 86 valence electrons. The van der Waals surface area contributed by atoms with Gasteiger partial charge in [-0.05, 0) is 43.9 Å². The van der Waals surface area contributed by atoms with Gasteiger partial charge in [0.25, 0.3) is 0 Å². The fourth-order valence-electron chi connectivity index (χ4n) is 2.58. The standard InChI is InChI=1S/C14H19NO/c1-9-5-6-10(2)14-13(9)12(7-8-16)11(3)15(14)4/h5-6,16H,7-8H2,1-4H3. The Morgan fingerprint density at radius 2 is 1.75 bits per heavy atom. The minimum Gasteiger partial charge on any atom is -0.396 e. The predicted molar refractivity (Wildman–Crippen MR) is 67.9 cm³/mol. The number of hydrogen-bond acceptors (Lipinski definition) is 1. The molecule has 0 aliphatic heterocycles. The molecule has 2 rings (SSSR count). The maximum atomic E-state index is 9.16. The van der Waals surface area contributed by atoms with Crippen LogP contribution in [-0.2, 0) is 13.5 Å². The summed E-state index contributed by atoms with van der Waals surface area (Å²) in [6.07, 6.45) is 0.744. The predicted octanol–water partition coefficient (Wildman–Crippen LogP) is 2.64. The molecule has 1 N–H and O–H groups in total. The summed E-state index contributed by atoms with van der Waals surface area (Å²) in [6, 6.07) is 4.33. The number of hydrogen-bond donors (Lipinski definition) is 1. The van der Waals surface area contributed by atoms with E-state index in [1.807, 2.05) is 0 Å². The fourth-order valence-corrected chi connectivity index (χ4v) is 2.58. The SMILES string of the molecule is Cc1ccc(C)c2c1c(CCO)c(C)n2C. The molecule has 0 radical (unpaired) electrons. The first kappa shape index (κ1) is 11.2. The zero-order chi connectivity index (χ0) is 11.9. The van der Waals surface area contributed by atoms with E-state index in [9.17, 15) is 0 Å². The van der Waals surface area contributed by atoms with Gasteiger partial charge in [-0.3, -0.25) is 0 Å². The van der Waals surface area contributed by atoms with Gasteiger partial charge in [-0.15, -0.1) is 0 Å². The highest BCUT2D eigenvalue weighted by Gasteiger charge is 2.14. The number of aliphatic hydroxyl groups excluding tert-OH is 1. The highest BCUT2D eigenvalue weighted by atomic mass is 16.2. The number of aromatic nitrogens is 1. The summed E-state index contributed by atoms with van der Waals surface area (Å²) < 4.78 is 2.24. The van der Waals surface area contributed by atoms with Crippen LogP contribution in [0.25, 0.3) is 10.9 Å². The van der Waals surface area contributed by atoms with E-state index < -0.39 is 0 Å². The monoisotopic (exact) mass is 217 g/mol. The summed E-state index contributed by atoms with van der Waals surface area (Å²) in [5.74, 6) is 0. The third-order valence-electron chi connectivity index (χ3n) is 3.53. The van der Waals surface area contributed by atoms with Crippen LogP contribution in [-0.4, -0.2) is 16.3 Å². The smallest absolute Gasteiger partial charge is 0.0515 e. The molecule has 0 fully saturated rings. The van der Waals surface area contributed by atoms with Crippen molar-refractivity contribution in [1.82, 2.24) is 4.57 Å². The van der Waals surface area contributed by atoms with Crippen molar-refractivity contribution < 1.29 is 5.11 Å². The van der Waals surface area contributed by atoms with E-state index in [1.165, 1.54) is 33.3 Å². The molecular formula is C14H19NO. The average Bonchev–Trinajstić information content (AvgIpc) is 2.50. The lowest BCUT2D eigenvalue weighted by molar-refractivity contribution is 0.299. The molecule has 2 aromatic rings. The van der Waals surface area contributed by atoms with Crippen molar-refractivity contribution in [2.75, 3.05) is 6.61 Å². The molecule has 0 aliphatic carbocycles. The summed E-state index contributed by atoms with van der Waals surface area (Å²) in [5, 5.41) is 10.5. The Hall–Kier alpha value is -1.28. The fraction of sp³-hybridized carbons (Fsp3) is 0.429. The zero-order valence-corrected chi connectivity index (χ0v) is 10.5. The van der Waals surface area contributed by atoms with Crippen molar-refractivity contribution >= 4 is 10.9 Å². The van der Waals surface area contributed by atoms with E-state index in [1.54, 1.807) is 0 Å². The lowest BCUT2D eigenvalue weighted by Gasteiger charge is -2.04. The second-order valence-electron chi connectivity index (χ2n) is 4.52. The maximum absolute atomic E-state index is 9.16. The van der Waals surface area contributed by atoms with Crippen molar-refractivity contribution in [3.63, 3.8) is 0 Å². The van der Waals surface area contributed by atoms with Gasteiger partial charge in [-0.2, -0.15) is 0 Å². The van der Waals surface area contributed by atoms with Crippen molar-refractivity contribution in [2.45, 2.75) is 27.2 Å². The third kappa shape index (κ3) is 1.45. The first-order chi connectivity index (χ1) is 7.57. The van der Waals surface area contributed by atoms with Gasteiger partial charge in [-0.1, -0.05) is 12.1 Å². The topological polar surface area (TPSA) is 25.2 Å². The van der Waals surface area contributed by atoms with Crippen LogP contribution < -0.4 is 0 Å². The Balaban J connectivity index is 2.90. The molecule has 0 saturated heterocycles. The van der Waals surface area contributed by atoms with Crippen LogP contribution in [0.2, 0.25) is 0 Å². The zero-order valence-electron chi connectivity index (χ0n) is 10.5. The van der Waals surface area contributed by atoms with Crippen molar-refractivity contribution in [3.8, 4) is 0 Å². The lowest BCUT2D eigenvalue weighted by Crippen LogP contribution is -1.95. The Morgan fingerprint density at radius 1 is 1.12 bits per heavy atom. The number of aliphatic hydroxyl groups is 1. The van der Waals surface area contributed by atoms with Crippen LogP contribution in [0.5, 0.6) is 0 Å². The van der Waals surface area contributed by atoms with Crippen molar-refractivity contribution in [1.29, 1.82) is 0 Å². The van der Waals surface area contributed by atoms with Gasteiger partial charge in [0.05, 0.1) is 5.52 Å². The maximum Gasteiger partial charge on any atom is 0.0515 e. The second-order valence-corrected chi connectivity index (χ2v) is 4.52. The molecule has 1 aromatic carbocycles. The molecule has 0 aliphatic rings. The highest BCUT2D eigenvalue weighted by Crippen LogP contribution is 2.30. The van der Waals surface area contributed by atoms with E-state index in [0.29, 0.717) is 0 Å². The van der Waals surface area contributed by atoms with Gasteiger partial charge in [0.1, 0.15) is 0 Å². The minimum absolute atomic E-state index is 0.216. The molecule has 2 heteroatoms. The van der Waals surface area contributed by atoms with Crippen LogP contribution in [0.3, 0.4) is 0 Å². The molecule has 1 heterocycles. The van der Waals surface area contributed by atoms with E-state index in [4.69, 9.17) is 5.11 Å². The van der Waals surface area contributed by atoms with E-state index in [-0.39, 0.29) is 6.61 Å². The molecule has 0 unspecified atom stereocenters. The summed E-state index contributed by atoms with van der Waals surface area (Å²) >= 11 is 0. The summed E-state index contributed by atoms with van der Waals surface area (Å²) in [5.41, 5.74) is 6.46. The number of nitrogens with zero attached hydrogens (tertiary/aromatic N) is 1. The van der Waals surface area contributed by atoms with E-state index in [2.05, 4.69) is 44.5 Å². The van der Waals surface area contributed by atoms with Gasteiger partial charge >= 0.3 is 0 Å². The molecule has 2 nitrogen and oxygen atoms in total. The average molecular weight is 217 g/mol. The van der Waals surface area contributed by atoms with Gasteiger partial charge in [-0.25, -0.2) is 0 Å². The minimum atomic E-state index is 0.216. The van der Waals surface area contributed by atoms with Crippen LogP contribution in [0.15, 0.2) is 12.1 Å². The molecule has 0 saturated carbocycles. The van der Waals surface area contributed by atoms with Crippen LogP contribution in [0.4, 0.5) is 0 Å². The molecular weight excluding hydrogens is 198 g/mol. The summed E-state index contributed by atoms with van der Waals surface area (Å²) in [6.45, 7) is 6.63. The third-order valence-corrected chi connectivity index (χ3v) is 3.53. The number of benzene rings is 1. The van der Waals surface area contributed by atoms with Gasteiger partial charge < -0.3 is 9.67 Å². The second kappa shape index (κ2) is 3.95. The van der Waals surface area contributed by atoms with E-state index in [0.717, 1.165) is 6.42 Å². The Kier molecular flexibility index (Phi) is 2.76. The highest BCUT2D eigenvalue weighted by molar-refractivity contribution is 5.91. The Bertz CT molecular complexity index is 537. The van der Waals surface area contributed by atoms with Crippen LogP contribution in [0, 0.1) is 20.8 Å². The van der Waals surface area contributed by atoms with Crippen molar-refractivity contribution in [2.24, 2.45) is 7.05 Å². The lowest BCUT2D eigenvalue weighted by atomic mass is 10.0. The van der Waals surface area contributed by atoms with E-state index >= 15 is 0 Å². The first-order valence-corrected chi connectivity index (χ1v) is 5.72. The van der Waals surface area contributed by atoms with Gasteiger partial charge in [0.2, 0.25) is 0 Å². The van der Waals surface area contributed by atoms with Crippen molar-refractivity contribution in [3.05, 3.63) is 34.5 Å². The van der Waals surface area contributed by atoms with Crippen LogP contribution >= 0.6 is 0 Å². The molecule has 16 heavy (non-hydrogen) atoms. The summed E-state index contributed by atoms with van der Waals surface area (Å²) in [4.78, 5) is 0. The Morgan fingerprint density at radius 3 is 2.38 bits per heavy atom. The molecule has 0 bridgehead atoms.